The van der Waals surface area contributed by atoms with Crippen LogP contribution in [0.25, 0.3) is 0 Å². The second-order valence-electron chi connectivity index (χ2n) is 4.73. The maximum atomic E-state index is 11.5. The van der Waals surface area contributed by atoms with Gasteiger partial charge in [0.05, 0.1) is 18.8 Å². The lowest BCUT2D eigenvalue weighted by Crippen LogP contribution is -2.28. The van der Waals surface area contributed by atoms with Gasteiger partial charge in [0, 0.05) is 25.3 Å². The maximum Gasteiger partial charge on any atom is 0.246 e. The molecule has 0 unspecified atom stereocenters. The average molecular weight is 279 g/mol. The van der Waals surface area contributed by atoms with Crippen molar-refractivity contribution in [2.75, 3.05) is 26.4 Å². The van der Waals surface area contributed by atoms with Crippen molar-refractivity contribution in [3.05, 3.63) is 23.8 Å². The molecule has 2 heterocycles. The van der Waals surface area contributed by atoms with E-state index in [1.165, 1.54) is 0 Å². The Bertz CT molecular complexity index is 433. The van der Waals surface area contributed by atoms with E-state index in [9.17, 15) is 4.79 Å². The van der Waals surface area contributed by atoms with Crippen LogP contribution in [0.5, 0.6) is 0 Å². The lowest BCUT2D eigenvalue weighted by Gasteiger charge is -2.20. The summed E-state index contributed by atoms with van der Waals surface area (Å²) in [4.78, 5) is 20.3. The Morgan fingerprint density at radius 3 is 3.25 bits per heavy atom. The minimum Gasteiger partial charge on any atom is -0.381 e. The molecule has 6 heteroatoms. The van der Waals surface area contributed by atoms with Crippen molar-refractivity contribution in [2.45, 2.75) is 32.2 Å². The van der Waals surface area contributed by atoms with Crippen molar-refractivity contribution in [2.24, 2.45) is 0 Å². The van der Waals surface area contributed by atoms with Gasteiger partial charge >= 0.3 is 0 Å². The molecule has 20 heavy (non-hydrogen) atoms. The van der Waals surface area contributed by atoms with Gasteiger partial charge in [0.2, 0.25) is 5.91 Å². The predicted molar refractivity (Wildman–Crippen MR) is 73.2 cm³/mol. The summed E-state index contributed by atoms with van der Waals surface area (Å²) in [5.41, 5.74) is 0.811. The van der Waals surface area contributed by atoms with Crippen molar-refractivity contribution in [1.82, 2.24) is 15.3 Å². The molecule has 1 aromatic heterocycles. The molecule has 110 valence electrons. The molecule has 0 aliphatic carbocycles. The maximum absolute atomic E-state index is 11.5. The smallest absolute Gasteiger partial charge is 0.246 e. The molecule has 1 aromatic rings. The Kier molecular flexibility index (Phi) is 5.88. The lowest BCUT2D eigenvalue weighted by molar-refractivity contribution is -0.125. The van der Waals surface area contributed by atoms with Crippen LogP contribution in [-0.2, 0) is 20.8 Å². The first kappa shape index (κ1) is 14.9. The molecule has 0 saturated carbocycles. The Balaban J connectivity index is 1.87. The Morgan fingerprint density at radius 1 is 1.60 bits per heavy atom. The van der Waals surface area contributed by atoms with E-state index in [1.807, 2.05) is 13.0 Å². The van der Waals surface area contributed by atoms with Crippen LogP contribution >= 0.6 is 0 Å². The van der Waals surface area contributed by atoms with Gasteiger partial charge in [-0.1, -0.05) is 0 Å². The van der Waals surface area contributed by atoms with Crippen molar-refractivity contribution in [1.29, 1.82) is 0 Å². The molecule has 1 N–H and O–H groups in total. The normalized spacial score (nSPS) is 18.8. The number of hydrogen-bond acceptors (Lipinski definition) is 5. The van der Waals surface area contributed by atoms with Crippen LogP contribution in [0.15, 0.2) is 12.3 Å². The highest BCUT2D eigenvalue weighted by molar-refractivity contribution is 5.77. The number of carbonyl (C=O) groups is 1. The standard InChI is InChI=1S/C14H21N3O3/c1-2-19-10-13(18)16-8-12-5-6-15-14(17-12)11-4-3-7-20-9-11/h5-6,11H,2-4,7-10H2,1H3,(H,16,18)/t11-/m1/s1. The first-order valence-electron chi connectivity index (χ1n) is 7.03. The molecule has 1 aliphatic heterocycles. The van der Waals surface area contributed by atoms with Crippen LogP contribution in [0.1, 0.15) is 37.2 Å². The summed E-state index contributed by atoms with van der Waals surface area (Å²) >= 11 is 0. The van der Waals surface area contributed by atoms with E-state index in [0.717, 1.165) is 31.0 Å². The van der Waals surface area contributed by atoms with Crippen molar-refractivity contribution in [3.8, 4) is 0 Å². The van der Waals surface area contributed by atoms with E-state index < -0.39 is 0 Å². The summed E-state index contributed by atoms with van der Waals surface area (Å²) in [7, 11) is 0. The van der Waals surface area contributed by atoms with Crippen LogP contribution in [-0.4, -0.2) is 42.3 Å². The second-order valence-corrected chi connectivity index (χ2v) is 4.73. The molecule has 1 fully saturated rings. The van der Waals surface area contributed by atoms with Crippen LogP contribution < -0.4 is 5.32 Å². The molecule has 6 nitrogen and oxygen atoms in total. The van der Waals surface area contributed by atoms with Gasteiger partial charge in [0.25, 0.3) is 0 Å². The summed E-state index contributed by atoms with van der Waals surface area (Å²) < 4.78 is 10.5. The van der Waals surface area contributed by atoms with Gasteiger partial charge in [-0.15, -0.1) is 0 Å². The van der Waals surface area contributed by atoms with E-state index in [2.05, 4.69) is 15.3 Å². The highest BCUT2D eigenvalue weighted by atomic mass is 16.5. The molecule has 1 atom stereocenters. The molecule has 0 radical (unpaired) electrons. The topological polar surface area (TPSA) is 73.3 Å². The summed E-state index contributed by atoms with van der Waals surface area (Å²) in [6.07, 6.45) is 3.84. The number of hydrogen-bond donors (Lipinski definition) is 1. The van der Waals surface area contributed by atoms with E-state index in [0.29, 0.717) is 19.8 Å². The quantitative estimate of drug-likeness (QED) is 0.841. The summed E-state index contributed by atoms with van der Waals surface area (Å²) in [5, 5.41) is 2.78. The lowest BCUT2D eigenvalue weighted by atomic mass is 10.0. The summed E-state index contributed by atoms with van der Waals surface area (Å²) in [6, 6.07) is 1.81. The Labute approximate surface area is 118 Å². The van der Waals surface area contributed by atoms with Gasteiger partial charge in [-0.2, -0.15) is 0 Å². The molecular formula is C14H21N3O3. The predicted octanol–water partition coefficient (Wildman–Crippen LogP) is 1.02. The third-order valence-corrected chi connectivity index (χ3v) is 3.16. The molecule has 0 bridgehead atoms. The number of rotatable bonds is 6. The van der Waals surface area contributed by atoms with Crippen molar-refractivity contribution < 1.29 is 14.3 Å². The van der Waals surface area contributed by atoms with E-state index in [4.69, 9.17) is 9.47 Å². The summed E-state index contributed by atoms with van der Waals surface area (Å²) in [6.45, 7) is 4.38. The van der Waals surface area contributed by atoms with Crippen LogP contribution in [0.2, 0.25) is 0 Å². The zero-order chi connectivity index (χ0) is 14.2. The zero-order valence-corrected chi connectivity index (χ0v) is 11.8. The first-order valence-corrected chi connectivity index (χ1v) is 7.03. The average Bonchev–Trinajstić information content (AvgIpc) is 2.52. The zero-order valence-electron chi connectivity index (χ0n) is 11.8. The Morgan fingerprint density at radius 2 is 2.50 bits per heavy atom. The van der Waals surface area contributed by atoms with E-state index in [1.54, 1.807) is 6.20 Å². The number of ether oxygens (including phenoxy) is 2. The number of aromatic nitrogens is 2. The monoisotopic (exact) mass is 279 g/mol. The Hall–Kier alpha value is -1.53. The van der Waals surface area contributed by atoms with Gasteiger partial charge in [0.1, 0.15) is 12.4 Å². The largest absolute Gasteiger partial charge is 0.381 e. The number of nitrogens with one attached hydrogen (secondary N) is 1. The molecule has 1 amide bonds. The SMILES string of the molecule is CCOCC(=O)NCc1ccnc([C@@H]2CCCOC2)n1. The number of amides is 1. The molecule has 1 saturated heterocycles. The fourth-order valence-corrected chi connectivity index (χ4v) is 2.09. The third kappa shape index (κ3) is 4.54. The van der Waals surface area contributed by atoms with Gasteiger partial charge < -0.3 is 14.8 Å². The van der Waals surface area contributed by atoms with Crippen LogP contribution in [0, 0.1) is 0 Å². The summed E-state index contributed by atoms with van der Waals surface area (Å²) in [5.74, 6) is 0.942. The van der Waals surface area contributed by atoms with Crippen molar-refractivity contribution in [3.63, 3.8) is 0 Å². The van der Waals surface area contributed by atoms with Gasteiger partial charge in [-0.05, 0) is 25.8 Å². The molecule has 1 aliphatic rings. The van der Waals surface area contributed by atoms with Gasteiger partial charge in [-0.3, -0.25) is 4.79 Å². The first-order chi connectivity index (χ1) is 9.79. The minimum atomic E-state index is -0.131. The molecule has 0 spiro atoms. The minimum absolute atomic E-state index is 0.0882. The fraction of sp³-hybridized carbons (Fsp3) is 0.643. The fourth-order valence-electron chi connectivity index (χ4n) is 2.09. The van der Waals surface area contributed by atoms with Crippen LogP contribution in [0.3, 0.4) is 0 Å². The molecule has 0 aromatic carbocycles. The highest BCUT2D eigenvalue weighted by Gasteiger charge is 2.18. The highest BCUT2D eigenvalue weighted by Crippen LogP contribution is 2.22. The second kappa shape index (κ2) is 7.91. The van der Waals surface area contributed by atoms with Crippen molar-refractivity contribution >= 4 is 5.91 Å². The van der Waals surface area contributed by atoms with Crippen LogP contribution in [0.4, 0.5) is 0 Å². The van der Waals surface area contributed by atoms with Gasteiger partial charge in [0.15, 0.2) is 0 Å². The number of nitrogens with zero attached hydrogens (tertiary/aromatic N) is 2. The molecule has 2 rings (SSSR count). The third-order valence-electron chi connectivity index (χ3n) is 3.16. The molecular weight excluding hydrogens is 258 g/mol. The van der Waals surface area contributed by atoms with E-state index >= 15 is 0 Å². The van der Waals surface area contributed by atoms with E-state index in [-0.39, 0.29) is 18.4 Å². The van der Waals surface area contributed by atoms with Gasteiger partial charge in [-0.25, -0.2) is 9.97 Å². The number of carbonyl (C=O) groups excluding carboxylic acids is 1.